The van der Waals surface area contributed by atoms with E-state index in [1.54, 1.807) is 0 Å². The average Bonchev–Trinajstić information content (AvgIpc) is 2.75. The highest BCUT2D eigenvalue weighted by Crippen LogP contribution is 2.57. The van der Waals surface area contributed by atoms with E-state index in [9.17, 15) is 4.79 Å². The molecule has 0 radical (unpaired) electrons. The topological polar surface area (TPSA) is 68.0 Å². The van der Waals surface area contributed by atoms with Crippen molar-refractivity contribution in [2.24, 2.45) is 5.41 Å². The Balaban J connectivity index is 1.53. The normalized spacial score (nSPS) is 29.3. The lowest BCUT2D eigenvalue weighted by Gasteiger charge is -2.06. The van der Waals surface area contributed by atoms with Gasteiger partial charge in [-0.1, -0.05) is 19.0 Å². The van der Waals surface area contributed by atoms with Gasteiger partial charge >= 0.3 is 0 Å². The van der Waals surface area contributed by atoms with Crippen LogP contribution in [0.4, 0.5) is 0 Å². The van der Waals surface area contributed by atoms with Crippen molar-refractivity contribution in [1.29, 1.82) is 0 Å². The van der Waals surface area contributed by atoms with Crippen molar-refractivity contribution in [3.8, 4) is 0 Å². The summed E-state index contributed by atoms with van der Waals surface area (Å²) in [4.78, 5) is 15.5. The molecule has 0 bridgehead atoms. The monoisotopic (exact) mass is 249 g/mol. The van der Waals surface area contributed by atoms with E-state index in [1.165, 1.54) is 0 Å². The molecule has 5 nitrogen and oxygen atoms in total. The minimum absolute atomic E-state index is 0.158. The quantitative estimate of drug-likeness (QED) is 0.883. The minimum Gasteiger partial charge on any atom is -0.353 e. The summed E-state index contributed by atoms with van der Waals surface area (Å²) in [5.41, 5.74) is 0.334. The second-order valence-electron chi connectivity index (χ2n) is 6.13. The first-order valence-corrected chi connectivity index (χ1v) is 6.66. The Labute approximate surface area is 106 Å². The van der Waals surface area contributed by atoms with Gasteiger partial charge in [-0.25, -0.2) is 0 Å². The number of carbonyl (C=O) groups excluding carboxylic acids is 1. The smallest absolute Gasteiger partial charge is 0.226 e. The van der Waals surface area contributed by atoms with Gasteiger partial charge in [-0.3, -0.25) is 4.79 Å². The van der Waals surface area contributed by atoms with Crippen LogP contribution in [0.25, 0.3) is 0 Å². The maximum absolute atomic E-state index is 11.1. The second-order valence-corrected chi connectivity index (χ2v) is 6.13. The number of hydrogen-bond acceptors (Lipinski definition) is 4. The summed E-state index contributed by atoms with van der Waals surface area (Å²) < 4.78 is 5.27. The molecular formula is C13H19N3O2. The van der Waals surface area contributed by atoms with Crippen molar-refractivity contribution in [2.45, 2.75) is 57.9 Å². The van der Waals surface area contributed by atoms with E-state index in [0.717, 1.165) is 31.5 Å². The highest BCUT2D eigenvalue weighted by molar-refractivity contribution is 5.78. The van der Waals surface area contributed by atoms with Crippen molar-refractivity contribution in [2.75, 3.05) is 0 Å². The van der Waals surface area contributed by atoms with Gasteiger partial charge in [-0.05, 0) is 24.7 Å². The molecule has 1 aliphatic heterocycles. The Morgan fingerprint density at radius 2 is 2.28 bits per heavy atom. The molecule has 1 aromatic heterocycles. The van der Waals surface area contributed by atoms with Crippen molar-refractivity contribution in [3.05, 3.63) is 11.7 Å². The Hall–Kier alpha value is -1.39. The van der Waals surface area contributed by atoms with E-state index in [4.69, 9.17) is 4.52 Å². The number of nitrogens with one attached hydrogen (secondary N) is 1. The van der Waals surface area contributed by atoms with Crippen LogP contribution in [0.2, 0.25) is 0 Å². The first-order chi connectivity index (χ1) is 8.54. The Morgan fingerprint density at radius 3 is 2.89 bits per heavy atom. The molecular weight excluding hydrogens is 230 g/mol. The molecule has 2 fully saturated rings. The molecule has 2 unspecified atom stereocenters. The molecule has 1 saturated carbocycles. The molecule has 1 aliphatic carbocycles. The maximum Gasteiger partial charge on any atom is 0.226 e. The number of carbonyl (C=O) groups is 1. The lowest BCUT2D eigenvalue weighted by molar-refractivity contribution is -0.119. The van der Waals surface area contributed by atoms with Crippen molar-refractivity contribution >= 4 is 5.91 Å². The largest absolute Gasteiger partial charge is 0.353 e. The molecule has 1 aromatic rings. The summed E-state index contributed by atoms with van der Waals surface area (Å²) in [6, 6.07) is 0.283. The first kappa shape index (κ1) is 11.7. The van der Waals surface area contributed by atoms with Gasteiger partial charge < -0.3 is 9.84 Å². The summed E-state index contributed by atoms with van der Waals surface area (Å²) in [6.45, 7) is 4.45. The van der Waals surface area contributed by atoms with Crippen LogP contribution in [-0.4, -0.2) is 22.1 Å². The Morgan fingerprint density at radius 1 is 1.50 bits per heavy atom. The number of nitrogens with zero attached hydrogens (tertiary/aromatic N) is 2. The number of aryl methyl sites for hydroxylation is 1. The molecule has 2 heterocycles. The predicted molar refractivity (Wildman–Crippen MR) is 64.9 cm³/mol. The van der Waals surface area contributed by atoms with E-state index in [-0.39, 0.29) is 11.9 Å². The number of rotatable bonds is 4. The summed E-state index contributed by atoms with van der Waals surface area (Å²) in [5.74, 6) is 2.17. The molecule has 0 aromatic carbocycles. The Kier molecular flexibility index (Phi) is 2.64. The van der Waals surface area contributed by atoms with Crippen LogP contribution in [0.1, 0.15) is 57.2 Å². The lowest BCUT2D eigenvalue weighted by Crippen LogP contribution is -2.25. The SMILES string of the molecule is CC1(C)CC1c1noc(CCC2CCC(=O)N2)n1. The summed E-state index contributed by atoms with van der Waals surface area (Å²) in [7, 11) is 0. The van der Waals surface area contributed by atoms with Crippen molar-refractivity contribution < 1.29 is 9.32 Å². The van der Waals surface area contributed by atoms with E-state index >= 15 is 0 Å². The van der Waals surface area contributed by atoms with Crippen LogP contribution in [-0.2, 0) is 11.2 Å². The van der Waals surface area contributed by atoms with Crippen molar-refractivity contribution in [3.63, 3.8) is 0 Å². The van der Waals surface area contributed by atoms with Crippen LogP contribution < -0.4 is 5.32 Å². The third kappa shape index (κ3) is 2.26. The summed E-state index contributed by atoms with van der Waals surface area (Å²) in [6.07, 6.45) is 4.36. The third-order valence-electron chi connectivity index (χ3n) is 4.10. The molecule has 0 spiro atoms. The fourth-order valence-corrected chi connectivity index (χ4v) is 2.61. The van der Waals surface area contributed by atoms with Crippen LogP contribution in [0.15, 0.2) is 4.52 Å². The highest BCUT2D eigenvalue weighted by Gasteiger charge is 2.49. The zero-order valence-electron chi connectivity index (χ0n) is 10.9. The zero-order valence-corrected chi connectivity index (χ0v) is 10.9. The fraction of sp³-hybridized carbons (Fsp3) is 0.769. The van der Waals surface area contributed by atoms with Gasteiger partial charge in [-0.15, -0.1) is 0 Å². The second kappa shape index (κ2) is 4.07. The summed E-state index contributed by atoms with van der Waals surface area (Å²) in [5, 5.41) is 7.01. The number of aromatic nitrogens is 2. The van der Waals surface area contributed by atoms with E-state index in [0.29, 0.717) is 23.6 Å². The van der Waals surface area contributed by atoms with Gasteiger partial charge in [0, 0.05) is 24.8 Å². The van der Waals surface area contributed by atoms with Gasteiger partial charge in [0.05, 0.1) is 0 Å². The van der Waals surface area contributed by atoms with Crippen molar-refractivity contribution in [1.82, 2.24) is 15.5 Å². The molecule has 2 atom stereocenters. The van der Waals surface area contributed by atoms with E-state index in [1.807, 2.05) is 0 Å². The Bertz CT molecular complexity index is 467. The van der Waals surface area contributed by atoms with Crippen LogP contribution in [0.5, 0.6) is 0 Å². The highest BCUT2D eigenvalue weighted by atomic mass is 16.5. The minimum atomic E-state index is 0.158. The van der Waals surface area contributed by atoms with Crippen LogP contribution >= 0.6 is 0 Å². The molecule has 5 heteroatoms. The number of hydrogen-bond donors (Lipinski definition) is 1. The summed E-state index contributed by atoms with van der Waals surface area (Å²) >= 11 is 0. The first-order valence-electron chi connectivity index (χ1n) is 6.66. The molecule has 1 saturated heterocycles. The molecule has 98 valence electrons. The number of amides is 1. The van der Waals surface area contributed by atoms with E-state index < -0.39 is 0 Å². The van der Waals surface area contributed by atoms with Gasteiger partial charge in [-0.2, -0.15) is 4.98 Å². The standard InChI is InChI=1S/C13H19N3O2/c1-13(2)7-9(13)12-15-11(18-16-12)6-4-8-3-5-10(17)14-8/h8-9H,3-7H2,1-2H3,(H,14,17). The lowest BCUT2D eigenvalue weighted by atomic mass is 10.1. The van der Waals surface area contributed by atoms with Gasteiger partial charge in [0.1, 0.15) is 0 Å². The van der Waals surface area contributed by atoms with E-state index in [2.05, 4.69) is 29.3 Å². The molecule has 2 aliphatic rings. The average molecular weight is 249 g/mol. The molecule has 18 heavy (non-hydrogen) atoms. The maximum atomic E-state index is 11.1. The van der Waals surface area contributed by atoms with Crippen LogP contribution in [0, 0.1) is 5.41 Å². The van der Waals surface area contributed by atoms with Gasteiger partial charge in [0.2, 0.25) is 11.8 Å². The fourth-order valence-electron chi connectivity index (χ4n) is 2.61. The predicted octanol–water partition coefficient (Wildman–Crippen LogP) is 1.79. The third-order valence-corrected chi connectivity index (χ3v) is 4.10. The zero-order chi connectivity index (χ0) is 12.8. The van der Waals surface area contributed by atoms with Gasteiger partial charge in [0.25, 0.3) is 0 Å². The van der Waals surface area contributed by atoms with Crippen LogP contribution in [0.3, 0.4) is 0 Å². The molecule has 3 rings (SSSR count). The molecule has 1 N–H and O–H groups in total. The van der Waals surface area contributed by atoms with Gasteiger partial charge in [0.15, 0.2) is 5.82 Å². The molecule has 1 amide bonds.